The van der Waals surface area contributed by atoms with E-state index in [4.69, 9.17) is 9.47 Å². The van der Waals surface area contributed by atoms with Crippen LogP contribution < -0.4 is 10.0 Å². The van der Waals surface area contributed by atoms with Crippen LogP contribution in [0, 0.1) is 17.2 Å². The summed E-state index contributed by atoms with van der Waals surface area (Å²) in [5.74, 6) is -3.49. The molecule has 0 aromatic heterocycles. The highest BCUT2D eigenvalue weighted by molar-refractivity contribution is 7.92. The smallest absolute Gasteiger partial charge is 0.410 e. The van der Waals surface area contributed by atoms with Crippen molar-refractivity contribution in [2.24, 2.45) is 11.3 Å². The van der Waals surface area contributed by atoms with E-state index in [9.17, 15) is 45.2 Å². The highest BCUT2D eigenvalue weighted by atomic mass is 32.2. The van der Waals surface area contributed by atoms with Crippen molar-refractivity contribution < 1.29 is 54.7 Å². The van der Waals surface area contributed by atoms with Crippen LogP contribution >= 0.6 is 0 Å². The molecule has 2 heterocycles. The maximum absolute atomic E-state index is 14.4. The molecule has 2 aliphatic heterocycles. The molecule has 2 aliphatic carbocycles. The molecule has 4 aliphatic rings. The maximum atomic E-state index is 14.4. The molecule has 1 saturated heterocycles. The molecule has 296 valence electrons. The number of hydrogen-bond acceptors (Lipinski definition) is 11. The third-order valence-electron chi connectivity index (χ3n) is 10.0. The van der Waals surface area contributed by atoms with Gasteiger partial charge in [0.25, 0.3) is 0 Å². The van der Waals surface area contributed by atoms with Crippen molar-refractivity contribution in [2.75, 3.05) is 20.1 Å². The number of ether oxygens (including phenoxy) is 2. The fourth-order valence-electron chi connectivity index (χ4n) is 6.79. The van der Waals surface area contributed by atoms with Gasteiger partial charge in [-0.05, 0) is 57.6 Å². The standard InChI is InChI=1S/C35H46FN5O11S2/c1-7-22-15-35(22,31(44)38-54(49,50)24-12-13-24)16-29(42)28-14-23(51-33(46)40-17-21-10-9-11-26(36)25(21)19-40)18-41(28)30(43)27(20-39(6)53(47,48)8-2)37-32(45)52-34(3,4)5/h7-11,22-24,27-28H,1-2,12-20H2,3-6H3,(H,37,45)(H,38,44)/t22-,23?,27+,28+,35-/m1/s1. The zero-order valence-electron chi connectivity index (χ0n) is 30.6. The number of nitrogens with one attached hydrogen (secondary N) is 2. The van der Waals surface area contributed by atoms with Crippen LogP contribution in [0.3, 0.4) is 0 Å². The molecule has 19 heteroatoms. The van der Waals surface area contributed by atoms with E-state index in [1.165, 1.54) is 23.1 Å². The molecule has 4 amide bonds. The summed E-state index contributed by atoms with van der Waals surface area (Å²) in [6, 6.07) is 1.49. The maximum Gasteiger partial charge on any atom is 0.410 e. The van der Waals surface area contributed by atoms with Gasteiger partial charge >= 0.3 is 12.2 Å². The number of amides is 4. The fourth-order valence-corrected chi connectivity index (χ4v) is 8.79. The van der Waals surface area contributed by atoms with Crippen molar-refractivity contribution in [2.45, 2.75) is 95.0 Å². The Hall–Kier alpha value is -4.36. The van der Waals surface area contributed by atoms with Gasteiger partial charge in [-0.2, -0.15) is 4.31 Å². The fraction of sp³-hybridized carbons (Fsp3) is 0.571. The van der Waals surface area contributed by atoms with E-state index in [1.54, 1.807) is 26.8 Å². The van der Waals surface area contributed by atoms with Gasteiger partial charge in [0.05, 0.1) is 29.8 Å². The number of fused-ring (bicyclic) bond motifs is 1. The molecule has 1 aromatic carbocycles. The number of alkyl carbamates (subject to hydrolysis) is 1. The summed E-state index contributed by atoms with van der Waals surface area (Å²) in [6.07, 6.45) is -1.38. The SMILES string of the molecule is C=C[C@@H]1C[C@]1(CC(=O)[C@@H]1CC(OC(=O)N2Cc3cccc(F)c3C2)CN1C(=O)[C@H](CN(C)S(=O)(=O)C=C)NC(=O)OC(C)(C)C)C(=O)NS(=O)(=O)C1CC1. The Kier molecular flexibility index (Phi) is 11.4. The van der Waals surface area contributed by atoms with Crippen molar-refractivity contribution >= 4 is 49.8 Å². The first kappa shape index (κ1) is 40.8. The number of benzene rings is 1. The molecule has 0 spiro atoms. The second kappa shape index (κ2) is 15.1. The van der Waals surface area contributed by atoms with Gasteiger partial charge in [0.15, 0.2) is 5.78 Å². The second-order valence-corrected chi connectivity index (χ2v) is 19.1. The number of allylic oxidation sites excluding steroid dienone is 1. The molecule has 0 bridgehead atoms. The Morgan fingerprint density at radius 1 is 1.11 bits per heavy atom. The van der Waals surface area contributed by atoms with Crippen molar-refractivity contribution in [3.05, 3.63) is 59.8 Å². The van der Waals surface area contributed by atoms with Crippen LogP contribution in [0.4, 0.5) is 14.0 Å². The van der Waals surface area contributed by atoms with Gasteiger partial charge in [-0.1, -0.05) is 24.8 Å². The zero-order chi connectivity index (χ0) is 40.0. The number of rotatable bonds is 14. The van der Waals surface area contributed by atoms with E-state index >= 15 is 0 Å². The van der Waals surface area contributed by atoms with Crippen LogP contribution in [-0.4, -0.2) is 110 Å². The summed E-state index contributed by atoms with van der Waals surface area (Å²) in [7, 11) is -6.91. The first-order chi connectivity index (χ1) is 25.1. The lowest BCUT2D eigenvalue weighted by atomic mass is 9.91. The summed E-state index contributed by atoms with van der Waals surface area (Å²) in [6.45, 7) is 10.7. The average Bonchev–Trinajstić information content (AvgIpc) is 3.97. The lowest BCUT2D eigenvalue weighted by Gasteiger charge is -2.31. The number of sulfonamides is 2. The third kappa shape index (κ3) is 8.94. The predicted molar refractivity (Wildman–Crippen MR) is 191 cm³/mol. The normalized spacial score (nSPS) is 24.3. The summed E-state index contributed by atoms with van der Waals surface area (Å²) in [4.78, 5) is 70.7. The molecule has 16 nitrogen and oxygen atoms in total. The van der Waals surface area contributed by atoms with Gasteiger partial charge in [-0.25, -0.2) is 30.8 Å². The van der Waals surface area contributed by atoms with Crippen LogP contribution in [0.1, 0.15) is 64.0 Å². The first-order valence-corrected chi connectivity index (χ1v) is 20.5. The van der Waals surface area contributed by atoms with Crippen molar-refractivity contribution in [3.8, 4) is 0 Å². The minimum atomic E-state index is -4.10. The summed E-state index contributed by atoms with van der Waals surface area (Å²) in [5.41, 5.74) is -1.56. The number of carbonyl (C=O) groups excluding carboxylic acids is 5. The molecule has 2 saturated carbocycles. The van der Waals surface area contributed by atoms with Gasteiger partial charge in [0, 0.05) is 44.0 Å². The second-order valence-electron chi connectivity index (χ2n) is 15.2. The van der Waals surface area contributed by atoms with Gasteiger partial charge in [-0.3, -0.25) is 24.0 Å². The molecule has 1 aromatic rings. The summed E-state index contributed by atoms with van der Waals surface area (Å²) in [5, 5.41) is 2.34. The number of Topliss-reactive ketones (excluding diaryl/α,β-unsaturated/α-hetero) is 1. The molecule has 1 unspecified atom stereocenters. The Balaban J connectivity index is 1.42. The average molecular weight is 796 g/mol. The van der Waals surface area contributed by atoms with E-state index in [0.29, 0.717) is 29.4 Å². The number of hydrogen-bond donors (Lipinski definition) is 2. The zero-order valence-corrected chi connectivity index (χ0v) is 32.2. The number of ketones is 1. The molecular weight excluding hydrogens is 750 g/mol. The van der Waals surface area contributed by atoms with Gasteiger partial charge in [-0.15, -0.1) is 6.58 Å². The highest BCUT2D eigenvalue weighted by Gasteiger charge is 2.61. The molecule has 5 rings (SSSR count). The molecule has 3 fully saturated rings. The number of likely N-dealkylation sites (N-methyl/N-ethyl adjacent to an activating group) is 1. The quantitative estimate of drug-likeness (QED) is 0.262. The van der Waals surface area contributed by atoms with E-state index in [0.717, 1.165) is 16.3 Å². The van der Waals surface area contributed by atoms with Crippen molar-refractivity contribution in [1.82, 2.24) is 24.1 Å². The number of nitrogens with zero attached hydrogens (tertiary/aromatic N) is 3. The number of halogens is 1. The number of likely N-dealkylation sites (tertiary alicyclic amines) is 1. The van der Waals surface area contributed by atoms with Gasteiger partial charge in [0.2, 0.25) is 31.9 Å². The van der Waals surface area contributed by atoms with Gasteiger partial charge < -0.3 is 19.7 Å². The number of carbonyl (C=O) groups is 5. The van der Waals surface area contributed by atoms with Crippen molar-refractivity contribution in [1.29, 1.82) is 0 Å². The molecule has 2 N–H and O–H groups in total. The Bertz CT molecular complexity index is 1960. The van der Waals surface area contributed by atoms with Crippen LogP contribution in [0.15, 0.2) is 42.8 Å². The topological polar surface area (TPSA) is 206 Å². The lowest BCUT2D eigenvalue weighted by Crippen LogP contribution is -2.56. The van der Waals surface area contributed by atoms with E-state index < -0.39 is 109 Å². The lowest BCUT2D eigenvalue weighted by molar-refractivity contribution is -0.140. The molecule has 5 atom stereocenters. The molecule has 0 radical (unpaired) electrons. The largest absolute Gasteiger partial charge is 0.444 e. The molecular formula is C35H46FN5O11S2. The van der Waals surface area contributed by atoms with Crippen LogP contribution in [0.5, 0.6) is 0 Å². The Morgan fingerprint density at radius 2 is 1.80 bits per heavy atom. The predicted octanol–water partition coefficient (Wildman–Crippen LogP) is 2.31. The summed E-state index contributed by atoms with van der Waals surface area (Å²) >= 11 is 0. The van der Waals surface area contributed by atoms with Crippen LogP contribution in [-0.2, 0) is 57.0 Å². The van der Waals surface area contributed by atoms with Crippen LogP contribution in [0.2, 0.25) is 0 Å². The van der Waals surface area contributed by atoms with E-state index in [2.05, 4.69) is 23.2 Å². The van der Waals surface area contributed by atoms with Crippen LogP contribution in [0.25, 0.3) is 0 Å². The highest BCUT2D eigenvalue weighted by Crippen LogP contribution is 2.57. The van der Waals surface area contributed by atoms with E-state index in [1.807, 2.05) is 0 Å². The minimum absolute atomic E-state index is 0.0555. The minimum Gasteiger partial charge on any atom is -0.444 e. The van der Waals surface area contributed by atoms with E-state index in [-0.39, 0.29) is 32.5 Å². The monoisotopic (exact) mass is 795 g/mol. The Morgan fingerprint density at radius 3 is 2.37 bits per heavy atom. The van der Waals surface area contributed by atoms with Gasteiger partial charge in [0.1, 0.15) is 23.6 Å². The Labute approximate surface area is 314 Å². The molecule has 54 heavy (non-hydrogen) atoms. The summed E-state index contributed by atoms with van der Waals surface area (Å²) < 4.78 is 78.9. The van der Waals surface area contributed by atoms with Crippen molar-refractivity contribution in [3.63, 3.8) is 0 Å². The first-order valence-electron chi connectivity index (χ1n) is 17.4. The third-order valence-corrected chi connectivity index (χ3v) is 13.3.